The molecule has 0 N–H and O–H groups in total. The number of hydrogen-bond donors (Lipinski definition) is 0. The molecule has 0 amide bonds. The Hall–Kier alpha value is -1.54. The zero-order chi connectivity index (χ0) is 29.3. The van der Waals surface area contributed by atoms with E-state index < -0.39 is 35.7 Å². The van der Waals surface area contributed by atoms with E-state index in [1.807, 2.05) is 0 Å². The first-order chi connectivity index (χ1) is 19.0. The highest BCUT2D eigenvalue weighted by molar-refractivity contribution is 5.27. The quantitative estimate of drug-likeness (QED) is 0.262. The molecule has 1 aromatic rings. The van der Waals surface area contributed by atoms with Crippen LogP contribution in [0, 0.1) is 53.0 Å². The van der Waals surface area contributed by atoms with Gasteiger partial charge in [-0.3, -0.25) is 4.39 Å². The van der Waals surface area contributed by atoms with E-state index in [4.69, 9.17) is 0 Å². The second kappa shape index (κ2) is 15.6. The summed E-state index contributed by atoms with van der Waals surface area (Å²) in [4.78, 5) is 0. The van der Waals surface area contributed by atoms with E-state index in [9.17, 15) is 35.1 Å². The average molecular weight is 585 g/mol. The second-order valence-electron chi connectivity index (χ2n) is 12.2. The van der Waals surface area contributed by atoms with Crippen LogP contribution in [0.2, 0.25) is 0 Å². The maximum absolute atomic E-state index is 12.7. The fraction of sp³-hybridized carbons (Fsp3) is 0.806. The Kier molecular flexibility index (Phi) is 12.9. The lowest BCUT2D eigenvalue weighted by Crippen LogP contribution is -2.34. The molecule has 3 saturated carbocycles. The molecule has 0 spiro atoms. The third-order valence-corrected chi connectivity index (χ3v) is 9.60. The molecule has 3 aliphatic rings. The predicted octanol–water partition coefficient (Wildman–Crippen LogP) is 10.9. The number of hydrogen-bond acceptors (Lipinski definition) is 1. The zero-order valence-corrected chi connectivity index (χ0v) is 23.4. The van der Waals surface area contributed by atoms with Crippen molar-refractivity contribution in [2.75, 3.05) is 6.67 Å². The van der Waals surface area contributed by atoms with Crippen LogP contribution in [0.5, 0.6) is 5.75 Å². The molecule has 9 heteroatoms. The standard InChI is InChI=1S/C23H41F.C8H3F7O/c1-2-3-18-4-8-20(9-5-18)22-12-14-23(15-13-22)21-10-6-19(7-11-21)16-17-24;9-3-1-4(10)6(5(11)2-3)16-8(14,15)7(12)13/h18-23H,2-17H2,1H3;1-2,7H. The molecule has 0 heterocycles. The molecule has 0 unspecified atom stereocenters. The maximum Gasteiger partial charge on any atom is 0.461 e. The minimum Gasteiger partial charge on any atom is -0.422 e. The van der Waals surface area contributed by atoms with Gasteiger partial charge in [0.1, 0.15) is 5.82 Å². The van der Waals surface area contributed by atoms with Crippen LogP contribution < -0.4 is 4.74 Å². The van der Waals surface area contributed by atoms with Gasteiger partial charge >= 0.3 is 12.5 Å². The van der Waals surface area contributed by atoms with Crippen LogP contribution in [-0.4, -0.2) is 19.2 Å². The Morgan fingerprint density at radius 1 is 0.700 bits per heavy atom. The average Bonchev–Trinajstić information content (AvgIpc) is 2.92. The molecule has 4 rings (SSSR count). The summed E-state index contributed by atoms with van der Waals surface area (Å²) >= 11 is 0. The van der Waals surface area contributed by atoms with Gasteiger partial charge in [-0.15, -0.1) is 0 Å². The topological polar surface area (TPSA) is 9.23 Å². The van der Waals surface area contributed by atoms with E-state index in [2.05, 4.69) is 11.7 Å². The van der Waals surface area contributed by atoms with Crippen molar-refractivity contribution in [3.8, 4) is 5.75 Å². The Bertz CT molecular complexity index is 813. The van der Waals surface area contributed by atoms with Gasteiger partial charge < -0.3 is 4.74 Å². The van der Waals surface area contributed by atoms with Gasteiger partial charge in [-0.25, -0.2) is 13.2 Å². The first-order valence-electron chi connectivity index (χ1n) is 15.1. The molecule has 40 heavy (non-hydrogen) atoms. The van der Waals surface area contributed by atoms with Crippen molar-refractivity contribution in [1.29, 1.82) is 0 Å². The van der Waals surface area contributed by atoms with Gasteiger partial charge in [0, 0.05) is 12.1 Å². The molecule has 1 aromatic carbocycles. The van der Waals surface area contributed by atoms with Gasteiger partial charge in [0.15, 0.2) is 17.4 Å². The minimum absolute atomic E-state index is 0.0277. The Balaban J connectivity index is 0.000000241. The van der Waals surface area contributed by atoms with Gasteiger partial charge in [-0.2, -0.15) is 17.6 Å². The molecule has 0 aliphatic heterocycles. The van der Waals surface area contributed by atoms with Crippen molar-refractivity contribution in [3.05, 3.63) is 29.6 Å². The molecule has 0 radical (unpaired) electrons. The molecule has 230 valence electrons. The number of ether oxygens (including phenoxy) is 1. The summed E-state index contributed by atoms with van der Waals surface area (Å²) in [5, 5.41) is 0. The van der Waals surface area contributed by atoms with Crippen molar-refractivity contribution in [2.24, 2.45) is 35.5 Å². The molecule has 3 aliphatic carbocycles. The summed E-state index contributed by atoms with van der Waals surface area (Å²) in [6.07, 6.45) is 12.0. The van der Waals surface area contributed by atoms with Crippen molar-refractivity contribution in [3.63, 3.8) is 0 Å². The van der Waals surface area contributed by atoms with Gasteiger partial charge in [0.2, 0.25) is 0 Å². The lowest BCUT2D eigenvalue weighted by atomic mass is 9.65. The fourth-order valence-corrected chi connectivity index (χ4v) is 7.35. The monoisotopic (exact) mass is 584 g/mol. The lowest BCUT2D eigenvalue weighted by molar-refractivity contribution is -0.255. The van der Waals surface area contributed by atoms with E-state index in [1.54, 1.807) is 0 Å². The van der Waals surface area contributed by atoms with E-state index in [0.717, 1.165) is 36.0 Å². The number of rotatable bonds is 9. The molecular weight excluding hydrogens is 540 g/mol. The van der Waals surface area contributed by atoms with Gasteiger partial charge in [-0.05, 0) is 93.3 Å². The predicted molar refractivity (Wildman–Crippen MR) is 140 cm³/mol. The van der Waals surface area contributed by atoms with Crippen LogP contribution in [-0.2, 0) is 0 Å². The zero-order valence-electron chi connectivity index (χ0n) is 23.4. The SMILES string of the molecule is CCCC1CCC(C2CCC(C3CCC(CCF)CC3)CC2)CC1.Fc1cc(F)c(OC(F)(F)C(F)F)c(F)c1. The highest BCUT2D eigenvalue weighted by Gasteiger charge is 2.45. The molecule has 3 fully saturated rings. The Morgan fingerprint density at radius 3 is 1.43 bits per heavy atom. The maximum atomic E-state index is 12.7. The van der Waals surface area contributed by atoms with Crippen LogP contribution in [0.4, 0.5) is 35.1 Å². The normalized spacial score (nSPS) is 29.6. The number of alkyl halides is 5. The van der Waals surface area contributed by atoms with Gasteiger partial charge in [-0.1, -0.05) is 45.4 Å². The summed E-state index contributed by atoms with van der Waals surface area (Å²) in [5.74, 6) is -0.912. The van der Waals surface area contributed by atoms with Crippen LogP contribution in [0.25, 0.3) is 0 Å². The molecule has 0 saturated heterocycles. The van der Waals surface area contributed by atoms with E-state index in [0.29, 0.717) is 5.92 Å². The summed E-state index contributed by atoms with van der Waals surface area (Å²) in [6.45, 7) is 2.25. The smallest absolute Gasteiger partial charge is 0.422 e. The lowest BCUT2D eigenvalue weighted by Gasteiger charge is -2.41. The van der Waals surface area contributed by atoms with Gasteiger partial charge in [0.25, 0.3) is 0 Å². The van der Waals surface area contributed by atoms with Crippen molar-refractivity contribution < 1.29 is 39.9 Å². The molecule has 1 nitrogen and oxygen atoms in total. The molecule has 0 bridgehead atoms. The van der Waals surface area contributed by atoms with E-state index >= 15 is 0 Å². The molecule has 0 atom stereocenters. The van der Waals surface area contributed by atoms with Crippen LogP contribution >= 0.6 is 0 Å². The van der Waals surface area contributed by atoms with E-state index in [1.165, 1.54) is 89.9 Å². The van der Waals surface area contributed by atoms with Gasteiger partial charge in [0.05, 0.1) is 6.67 Å². The Morgan fingerprint density at radius 2 is 1.07 bits per heavy atom. The third-order valence-electron chi connectivity index (χ3n) is 9.60. The summed E-state index contributed by atoms with van der Waals surface area (Å²) in [6, 6.07) is 0.0555. The van der Waals surface area contributed by atoms with Crippen molar-refractivity contribution in [1.82, 2.24) is 0 Å². The minimum atomic E-state index is -5.06. The largest absolute Gasteiger partial charge is 0.461 e. The van der Waals surface area contributed by atoms with E-state index in [-0.39, 0.29) is 18.8 Å². The molecular formula is C31H44F8O. The summed E-state index contributed by atoms with van der Waals surface area (Å²) in [7, 11) is 0. The number of halogens is 8. The van der Waals surface area contributed by atoms with Crippen LogP contribution in [0.3, 0.4) is 0 Å². The summed E-state index contributed by atoms with van der Waals surface area (Å²) in [5.41, 5.74) is 0. The number of benzene rings is 1. The van der Waals surface area contributed by atoms with Crippen molar-refractivity contribution in [2.45, 2.75) is 116 Å². The third kappa shape index (κ3) is 9.50. The first kappa shape index (κ1) is 33.0. The van der Waals surface area contributed by atoms with Crippen LogP contribution in [0.15, 0.2) is 12.1 Å². The highest BCUT2D eigenvalue weighted by Crippen LogP contribution is 2.46. The second-order valence-corrected chi connectivity index (χ2v) is 12.2. The fourth-order valence-electron chi connectivity index (χ4n) is 7.35. The Labute approximate surface area is 233 Å². The van der Waals surface area contributed by atoms with Crippen LogP contribution in [0.1, 0.15) is 103 Å². The first-order valence-corrected chi connectivity index (χ1v) is 15.1. The highest BCUT2D eigenvalue weighted by atomic mass is 19.3. The van der Waals surface area contributed by atoms with Crippen molar-refractivity contribution >= 4 is 0 Å². The molecule has 0 aromatic heterocycles. The summed E-state index contributed by atoms with van der Waals surface area (Å²) < 4.78 is 101.